The van der Waals surface area contributed by atoms with Crippen LogP contribution in [-0.2, 0) is 11.2 Å². The normalized spacial score (nSPS) is 11.8. The minimum atomic E-state index is 0.592. The maximum atomic E-state index is 5.74. The van der Waals surface area contributed by atoms with E-state index in [0.29, 0.717) is 6.61 Å². The molecule has 0 amide bonds. The minimum absolute atomic E-state index is 0.592. The Balaban J connectivity index is 1.94. The molecule has 4 nitrogen and oxygen atoms in total. The average molecular weight is 279 g/mol. The highest BCUT2D eigenvalue weighted by atomic mass is 16.5. The van der Waals surface area contributed by atoms with Gasteiger partial charge < -0.3 is 4.74 Å². The average Bonchev–Trinajstić information content (AvgIpc) is 2.96. The molecule has 0 fully saturated rings. The van der Waals surface area contributed by atoms with Gasteiger partial charge in [-0.2, -0.15) is 4.68 Å². The van der Waals surface area contributed by atoms with E-state index in [-0.39, 0.29) is 0 Å². The number of benzene rings is 2. The number of allylic oxidation sites excluding steroid dienone is 1. The predicted molar refractivity (Wildman–Crippen MR) is 83.6 cm³/mol. The fourth-order valence-corrected chi connectivity index (χ4v) is 2.21. The van der Waals surface area contributed by atoms with Crippen LogP contribution < -0.4 is 0 Å². The Hall–Kier alpha value is -2.62. The van der Waals surface area contributed by atoms with Crippen LogP contribution in [0.3, 0.4) is 0 Å². The fourth-order valence-electron chi connectivity index (χ4n) is 2.21. The summed E-state index contributed by atoms with van der Waals surface area (Å²) in [4.78, 5) is 0. The van der Waals surface area contributed by atoms with Crippen LogP contribution in [0.4, 0.5) is 0 Å². The van der Waals surface area contributed by atoms with Crippen LogP contribution >= 0.6 is 0 Å². The van der Waals surface area contributed by atoms with Crippen molar-refractivity contribution in [2.45, 2.75) is 13.3 Å². The van der Waals surface area contributed by atoms with Crippen molar-refractivity contribution in [3.8, 4) is 0 Å². The SMILES string of the molecule is CCOC(=CCc1ccccc1)n1nnc2ccccc21. The first kappa shape index (κ1) is 13.4. The first-order valence-corrected chi connectivity index (χ1v) is 7.06. The van der Waals surface area contributed by atoms with E-state index >= 15 is 0 Å². The lowest BCUT2D eigenvalue weighted by Crippen LogP contribution is -2.04. The van der Waals surface area contributed by atoms with Gasteiger partial charge in [-0.3, -0.25) is 0 Å². The zero-order chi connectivity index (χ0) is 14.5. The highest BCUT2D eigenvalue weighted by Crippen LogP contribution is 2.16. The van der Waals surface area contributed by atoms with E-state index in [1.807, 2.05) is 55.5 Å². The molecule has 0 unspecified atom stereocenters. The van der Waals surface area contributed by atoms with Crippen LogP contribution in [0.15, 0.2) is 60.7 Å². The summed E-state index contributed by atoms with van der Waals surface area (Å²) in [7, 11) is 0. The third-order valence-corrected chi connectivity index (χ3v) is 3.21. The third kappa shape index (κ3) is 2.94. The zero-order valence-electron chi connectivity index (χ0n) is 11.9. The number of para-hydroxylation sites is 1. The van der Waals surface area contributed by atoms with Crippen molar-refractivity contribution in [1.82, 2.24) is 15.0 Å². The van der Waals surface area contributed by atoms with Crippen LogP contribution in [0.1, 0.15) is 12.5 Å². The van der Waals surface area contributed by atoms with Gasteiger partial charge in [0.2, 0.25) is 5.88 Å². The summed E-state index contributed by atoms with van der Waals surface area (Å²) in [6.45, 7) is 2.56. The van der Waals surface area contributed by atoms with Crippen molar-refractivity contribution in [3.63, 3.8) is 0 Å². The molecule has 4 heteroatoms. The fraction of sp³-hybridized carbons (Fsp3) is 0.176. The molecular weight excluding hydrogens is 262 g/mol. The standard InChI is InChI=1S/C17H17N3O/c1-2-21-17(13-12-14-8-4-3-5-9-14)20-16-11-7-6-10-15(16)18-19-20/h3-11,13H,2,12H2,1H3. The van der Waals surface area contributed by atoms with Gasteiger partial charge in [-0.15, -0.1) is 5.10 Å². The molecular formula is C17H17N3O. The summed E-state index contributed by atoms with van der Waals surface area (Å²) in [5.41, 5.74) is 3.05. The first-order valence-electron chi connectivity index (χ1n) is 7.06. The van der Waals surface area contributed by atoms with E-state index in [9.17, 15) is 0 Å². The quantitative estimate of drug-likeness (QED) is 0.671. The molecule has 0 aliphatic carbocycles. The second-order valence-electron chi connectivity index (χ2n) is 4.66. The highest BCUT2D eigenvalue weighted by molar-refractivity contribution is 5.76. The lowest BCUT2D eigenvalue weighted by Gasteiger charge is -2.09. The maximum absolute atomic E-state index is 5.74. The molecule has 1 heterocycles. The highest BCUT2D eigenvalue weighted by Gasteiger charge is 2.08. The summed E-state index contributed by atoms with van der Waals surface area (Å²) in [5, 5.41) is 8.37. The minimum Gasteiger partial charge on any atom is -0.478 e. The van der Waals surface area contributed by atoms with Gasteiger partial charge in [0.1, 0.15) is 5.52 Å². The summed E-state index contributed by atoms with van der Waals surface area (Å²) < 4.78 is 7.49. The van der Waals surface area contributed by atoms with E-state index < -0.39 is 0 Å². The summed E-state index contributed by atoms with van der Waals surface area (Å²) >= 11 is 0. The Labute approximate surface area is 123 Å². The maximum Gasteiger partial charge on any atom is 0.212 e. The molecule has 3 aromatic rings. The van der Waals surface area contributed by atoms with E-state index in [1.54, 1.807) is 4.68 Å². The Kier molecular flexibility index (Phi) is 3.96. The van der Waals surface area contributed by atoms with E-state index in [4.69, 9.17) is 4.74 Å². The second kappa shape index (κ2) is 6.22. The van der Waals surface area contributed by atoms with E-state index in [0.717, 1.165) is 23.3 Å². The molecule has 3 rings (SSSR count). The lowest BCUT2D eigenvalue weighted by molar-refractivity contribution is 0.272. The largest absolute Gasteiger partial charge is 0.478 e. The molecule has 0 aliphatic rings. The van der Waals surface area contributed by atoms with E-state index in [1.165, 1.54) is 5.56 Å². The molecule has 2 aromatic carbocycles. The lowest BCUT2D eigenvalue weighted by atomic mass is 10.1. The summed E-state index contributed by atoms with van der Waals surface area (Å²) in [5.74, 6) is 0.718. The van der Waals surface area contributed by atoms with Crippen molar-refractivity contribution in [3.05, 3.63) is 66.2 Å². The molecule has 0 N–H and O–H groups in total. The van der Waals surface area contributed by atoms with Crippen LogP contribution in [0.2, 0.25) is 0 Å². The van der Waals surface area contributed by atoms with Gasteiger partial charge >= 0.3 is 0 Å². The smallest absolute Gasteiger partial charge is 0.212 e. The molecule has 106 valence electrons. The predicted octanol–water partition coefficient (Wildman–Crippen LogP) is 3.51. The number of nitrogens with zero attached hydrogens (tertiary/aromatic N) is 3. The van der Waals surface area contributed by atoms with Crippen molar-refractivity contribution >= 4 is 16.9 Å². The monoisotopic (exact) mass is 279 g/mol. The number of aromatic nitrogens is 3. The van der Waals surface area contributed by atoms with E-state index in [2.05, 4.69) is 22.4 Å². The van der Waals surface area contributed by atoms with Gasteiger partial charge in [0.25, 0.3) is 0 Å². The molecule has 0 saturated carbocycles. The summed E-state index contributed by atoms with van der Waals surface area (Å²) in [6.07, 6.45) is 2.84. The van der Waals surface area contributed by atoms with Crippen LogP contribution in [-0.4, -0.2) is 21.6 Å². The molecule has 21 heavy (non-hydrogen) atoms. The number of fused-ring (bicyclic) bond motifs is 1. The Morgan fingerprint density at radius 2 is 1.86 bits per heavy atom. The number of ether oxygens (including phenoxy) is 1. The van der Waals surface area contributed by atoms with Crippen molar-refractivity contribution in [2.24, 2.45) is 0 Å². The Bertz CT molecular complexity index is 747. The zero-order valence-corrected chi connectivity index (χ0v) is 11.9. The van der Waals surface area contributed by atoms with Gasteiger partial charge in [0.15, 0.2) is 0 Å². The number of rotatable bonds is 5. The van der Waals surface area contributed by atoms with Crippen LogP contribution in [0.25, 0.3) is 16.9 Å². The Morgan fingerprint density at radius 1 is 1.10 bits per heavy atom. The first-order chi connectivity index (χ1) is 10.4. The van der Waals surface area contributed by atoms with Gasteiger partial charge in [-0.05, 0) is 37.1 Å². The van der Waals surface area contributed by atoms with Crippen molar-refractivity contribution in [1.29, 1.82) is 0 Å². The molecule has 0 bridgehead atoms. The van der Waals surface area contributed by atoms with Gasteiger partial charge in [0, 0.05) is 0 Å². The Morgan fingerprint density at radius 3 is 2.67 bits per heavy atom. The number of hydrogen-bond donors (Lipinski definition) is 0. The summed E-state index contributed by atoms with van der Waals surface area (Å²) in [6, 6.07) is 18.1. The topological polar surface area (TPSA) is 39.9 Å². The third-order valence-electron chi connectivity index (χ3n) is 3.21. The number of hydrogen-bond acceptors (Lipinski definition) is 3. The molecule has 0 aliphatic heterocycles. The molecule has 0 atom stereocenters. The van der Waals surface area contributed by atoms with Crippen molar-refractivity contribution < 1.29 is 4.74 Å². The van der Waals surface area contributed by atoms with Crippen molar-refractivity contribution in [2.75, 3.05) is 6.61 Å². The van der Waals surface area contributed by atoms with Gasteiger partial charge in [-0.25, -0.2) is 0 Å². The molecule has 0 radical (unpaired) electrons. The molecule has 1 aromatic heterocycles. The van der Waals surface area contributed by atoms with Gasteiger partial charge in [-0.1, -0.05) is 47.7 Å². The second-order valence-corrected chi connectivity index (χ2v) is 4.66. The molecule has 0 spiro atoms. The van der Waals surface area contributed by atoms with Crippen LogP contribution in [0.5, 0.6) is 0 Å². The van der Waals surface area contributed by atoms with Crippen LogP contribution in [0, 0.1) is 0 Å². The molecule has 0 saturated heterocycles. The van der Waals surface area contributed by atoms with Gasteiger partial charge in [0.05, 0.1) is 12.1 Å².